The van der Waals surface area contributed by atoms with Gasteiger partial charge in [-0.15, -0.1) is 0 Å². The van der Waals surface area contributed by atoms with Crippen molar-refractivity contribution in [3.8, 4) is 0 Å². The summed E-state index contributed by atoms with van der Waals surface area (Å²) in [6, 6.07) is 8.05. The van der Waals surface area contributed by atoms with Gasteiger partial charge < -0.3 is 10.3 Å². The fourth-order valence-corrected chi connectivity index (χ4v) is 2.91. The molecule has 1 amide bonds. The molecular formula is C18H21ClN4O. The van der Waals surface area contributed by atoms with E-state index in [-0.39, 0.29) is 5.91 Å². The van der Waals surface area contributed by atoms with Gasteiger partial charge in [-0.25, -0.2) is 4.98 Å². The number of benzene rings is 1. The van der Waals surface area contributed by atoms with E-state index < -0.39 is 0 Å². The molecule has 5 nitrogen and oxygen atoms in total. The Morgan fingerprint density at radius 3 is 2.83 bits per heavy atom. The number of halogens is 1. The zero-order valence-corrected chi connectivity index (χ0v) is 14.2. The van der Waals surface area contributed by atoms with Gasteiger partial charge in [0.15, 0.2) is 0 Å². The Labute approximate surface area is 146 Å². The number of carbonyl (C=O) groups excluding carboxylic acids is 1. The lowest BCUT2D eigenvalue weighted by Gasteiger charge is -2.26. The van der Waals surface area contributed by atoms with Gasteiger partial charge in [-0.3, -0.25) is 9.69 Å². The highest BCUT2D eigenvalue weighted by Gasteiger charge is 2.13. The molecule has 0 radical (unpaired) electrons. The third-order valence-electron chi connectivity index (χ3n) is 4.19. The van der Waals surface area contributed by atoms with E-state index in [2.05, 4.69) is 38.4 Å². The van der Waals surface area contributed by atoms with Crippen LogP contribution in [0.5, 0.6) is 0 Å². The van der Waals surface area contributed by atoms with Crippen molar-refractivity contribution in [2.45, 2.75) is 12.8 Å². The molecule has 0 saturated heterocycles. The van der Waals surface area contributed by atoms with Gasteiger partial charge in [0, 0.05) is 31.2 Å². The van der Waals surface area contributed by atoms with Crippen LogP contribution in [0.4, 0.5) is 0 Å². The van der Waals surface area contributed by atoms with Gasteiger partial charge in [-0.2, -0.15) is 0 Å². The first-order valence-corrected chi connectivity index (χ1v) is 8.50. The van der Waals surface area contributed by atoms with Gasteiger partial charge in [0.25, 0.3) is 5.91 Å². The predicted molar refractivity (Wildman–Crippen MR) is 95.2 cm³/mol. The Morgan fingerprint density at radius 1 is 1.33 bits per heavy atom. The fraction of sp³-hybridized carbons (Fsp3) is 0.333. The van der Waals surface area contributed by atoms with Crippen LogP contribution >= 0.6 is 11.6 Å². The van der Waals surface area contributed by atoms with Crippen LogP contribution in [-0.4, -0.2) is 47.0 Å². The van der Waals surface area contributed by atoms with Crippen LogP contribution in [0, 0.1) is 0 Å². The number of hydrogen-bond donors (Lipinski definition) is 2. The van der Waals surface area contributed by atoms with Gasteiger partial charge in [0.1, 0.15) is 5.69 Å². The van der Waals surface area contributed by atoms with Crippen molar-refractivity contribution < 1.29 is 4.79 Å². The fourth-order valence-electron chi connectivity index (χ4n) is 2.78. The van der Waals surface area contributed by atoms with Crippen molar-refractivity contribution in [1.29, 1.82) is 0 Å². The van der Waals surface area contributed by atoms with Gasteiger partial charge in [-0.05, 0) is 30.5 Å². The second-order valence-corrected chi connectivity index (χ2v) is 6.37. The minimum Gasteiger partial charge on any atom is -0.349 e. The summed E-state index contributed by atoms with van der Waals surface area (Å²) in [6.07, 6.45) is 7.39. The number of amides is 1. The number of hydrogen-bond acceptors (Lipinski definition) is 3. The van der Waals surface area contributed by atoms with Crippen molar-refractivity contribution >= 4 is 17.5 Å². The lowest BCUT2D eigenvalue weighted by molar-refractivity contribution is 0.0944. The average molecular weight is 345 g/mol. The van der Waals surface area contributed by atoms with E-state index >= 15 is 0 Å². The standard InChI is InChI=1S/C18H21ClN4O/c19-16-3-1-14(2-4-16)11-15-5-8-23(9-6-15)10-7-21-18(24)17-12-20-13-22-17/h1-5,12-13H,6-11H2,(H,20,22)(H,21,24). The summed E-state index contributed by atoms with van der Waals surface area (Å²) in [7, 11) is 0. The smallest absolute Gasteiger partial charge is 0.269 e. The molecule has 1 aromatic heterocycles. The molecule has 24 heavy (non-hydrogen) atoms. The maximum atomic E-state index is 11.8. The second kappa shape index (κ2) is 8.13. The van der Waals surface area contributed by atoms with Crippen LogP contribution in [0.25, 0.3) is 0 Å². The molecule has 2 N–H and O–H groups in total. The van der Waals surface area contributed by atoms with Crippen LogP contribution in [-0.2, 0) is 6.42 Å². The molecule has 6 heteroatoms. The minimum atomic E-state index is -0.108. The number of carbonyl (C=O) groups is 1. The van der Waals surface area contributed by atoms with E-state index in [1.165, 1.54) is 23.7 Å². The molecule has 1 aromatic carbocycles. The van der Waals surface area contributed by atoms with Crippen LogP contribution < -0.4 is 5.32 Å². The molecule has 1 aliphatic rings. The molecule has 0 saturated carbocycles. The number of H-pyrrole nitrogens is 1. The quantitative estimate of drug-likeness (QED) is 0.792. The molecule has 0 aliphatic carbocycles. The summed E-state index contributed by atoms with van der Waals surface area (Å²) in [5, 5.41) is 3.68. The molecule has 0 fully saturated rings. The summed E-state index contributed by atoms with van der Waals surface area (Å²) in [5.74, 6) is -0.108. The number of nitrogens with zero attached hydrogens (tertiary/aromatic N) is 2. The largest absolute Gasteiger partial charge is 0.349 e. The van der Waals surface area contributed by atoms with Crippen LogP contribution in [0.3, 0.4) is 0 Å². The highest BCUT2D eigenvalue weighted by atomic mass is 35.5. The Bertz CT molecular complexity index is 694. The van der Waals surface area contributed by atoms with E-state index in [9.17, 15) is 4.79 Å². The molecular weight excluding hydrogens is 324 g/mol. The highest BCUT2D eigenvalue weighted by molar-refractivity contribution is 6.30. The molecule has 2 aromatic rings. The average Bonchev–Trinajstić information content (AvgIpc) is 3.13. The summed E-state index contributed by atoms with van der Waals surface area (Å²) >= 11 is 5.92. The first kappa shape index (κ1) is 16.7. The third kappa shape index (κ3) is 4.69. The van der Waals surface area contributed by atoms with Crippen molar-refractivity contribution in [3.05, 3.63) is 64.7 Å². The van der Waals surface area contributed by atoms with Crippen LogP contribution in [0.1, 0.15) is 22.5 Å². The summed E-state index contributed by atoms with van der Waals surface area (Å²) < 4.78 is 0. The maximum Gasteiger partial charge on any atom is 0.269 e. The lowest BCUT2D eigenvalue weighted by atomic mass is 9.99. The Hall–Kier alpha value is -2.11. The summed E-state index contributed by atoms with van der Waals surface area (Å²) in [6.45, 7) is 3.45. The SMILES string of the molecule is O=C(NCCN1CC=C(Cc2ccc(Cl)cc2)CC1)c1cnc[nH]1. The number of aromatic amines is 1. The van der Waals surface area contributed by atoms with Crippen molar-refractivity contribution in [2.75, 3.05) is 26.2 Å². The molecule has 0 bridgehead atoms. The Kier molecular flexibility index (Phi) is 5.67. The van der Waals surface area contributed by atoms with Crippen LogP contribution in [0.2, 0.25) is 5.02 Å². The van der Waals surface area contributed by atoms with Gasteiger partial charge >= 0.3 is 0 Å². The highest BCUT2D eigenvalue weighted by Crippen LogP contribution is 2.17. The molecule has 0 atom stereocenters. The number of rotatable bonds is 6. The normalized spacial score (nSPS) is 15.1. The third-order valence-corrected chi connectivity index (χ3v) is 4.44. The molecule has 0 unspecified atom stereocenters. The Morgan fingerprint density at radius 2 is 2.17 bits per heavy atom. The molecule has 126 valence electrons. The second-order valence-electron chi connectivity index (χ2n) is 5.94. The first-order valence-electron chi connectivity index (χ1n) is 8.12. The van der Waals surface area contributed by atoms with Crippen molar-refractivity contribution in [2.24, 2.45) is 0 Å². The minimum absolute atomic E-state index is 0.108. The summed E-state index contributed by atoms with van der Waals surface area (Å²) in [4.78, 5) is 20.8. The predicted octanol–water partition coefficient (Wildman–Crippen LogP) is 2.67. The van der Waals surface area contributed by atoms with Gasteiger partial charge in [0.05, 0.1) is 12.5 Å². The van der Waals surface area contributed by atoms with Gasteiger partial charge in [-0.1, -0.05) is 35.4 Å². The monoisotopic (exact) mass is 344 g/mol. The zero-order chi connectivity index (χ0) is 16.8. The lowest BCUT2D eigenvalue weighted by Crippen LogP contribution is -2.37. The van der Waals surface area contributed by atoms with Crippen molar-refractivity contribution in [1.82, 2.24) is 20.2 Å². The van der Waals surface area contributed by atoms with Crippen LogP contribution in [0.15, 0.2) is 48.4 Å². The molecule has 2 heterocycles. The van der Waals surface area contributed by atoms with E-state index in [1.54, 1.807) is 0 Å². The zero-order valence-electron chi connectivity index (χ0n) is 13.5. The molecule has 1 aliphatic heterocycles. The topological polar surface area (TPSA) is 61.0 Å². The Balaban J connectivity index is 1.40. The number of aromatic nitrogens is 2. The molecule has 0 spiro atoms. The van der Waals surface area contributed by atoms with Gasteiger partial charge in [0.2, 0.25) is 0 Å². The summed E-state index contributed by atoms with van der Waals surface area (Å²) in [5.41, 5.74) is 3.26. The molecule has 3 rings (SSSR count). The first-order chi connectivity index (χ1) is 11.7. The van der Waals surface area contributed by atoms with E-state index in [1.807, 2.05) is 12.1 Å². The number of nitrogens with one attached hydrogen (secondary N) is 2. The van der Waals surface area contributed by atoms with E-state index in [0.29, 0.717) is 12.2 Å². The van der Waals surface area contributed by atoms with Crippen molar-refractivity contribution in [3.63, 3.8) is 0 Å². The number of imidazole rings is 1. The van der Waals surface area contributed by atoms with E-state index in [4.69, 9.17) is 11.6 Å². The van der Waals surface area contributed by atoms with E-state index in [0.717, 1.165) is 37.5 Å². The maximum absolute atomic E-state index is 11.8.